The van der Waals surface area contributed by atoms with Crippen LogP contribution in [0.1, 0.15) is 39.3 Å². The first kappa shape index (κ1) is 16.0. The van der Waals surface area contributed by atoms with Gasteiger partial charge in [-0.15, -0.1) is 0 Å². The van der Waals surface area contributed by atoms with E-state index in [1.807, 2.05) is 26.8 Å². The summed E-state index contributed by atoms with van der Waals surface area (Å²) in [5.74, 6) is 0.209. The van der Waals surface area contributed by atoms with E-state index in [4.69, 9.17) is 14.7 Å². The molecule has 1 aromatic heterocycles. The molecular formula is C15H20N4O3. The van der Waals surface area contributed by atoms with Gasteiger partial charge < -0.3 is 14.4 Å². The highest BCUT2D eigenvalue weighted by Gasteiger charge is 2.29. The molecule has 0 aliphatic carbocycles. The Kier molecular flexibility index (Phi) is 4.81. The van der Waals surface area contributed by atoms with Crippen molar-refractivity contribution in [2.75, 3.05) is 13.1 Å². The van der Waals surface area contributed by atoms with Gasteiger partial charge in [-0.2, -0.15) is 5.26 Å². The predicted molar refractivity (Wildman–Crippen MR) is 78.2 cm³/mol. The van der Waals surface area contributed by atoms with Gasteiger partial charge in [-0.25, -0.2) is 14.8 Å². The summed E-state index contributed by atoms with van der Waals surface area (Å²) in [6, 6.07) is 1.95. The lowest BCUT2D eigenvalue weighted by molar-refractivity contribution is 0.00714. The number of aromatic nitrogens is 2. The fraction of sp³-hybridized carbons (Fsp3) is 0.600. The summed E-state index contributed by atoms with van der Waals surface area (Å²) >= 11 is 0. The summed E-state index contributed by atoms with van der Waals surface area (Å²) in [5.41, 5.74) is -0.374. The molecule has 118 valence electrons. The topological polar surface area (TPSA) is 88.3 Å². The third-order valence-electron chi connectivity index (χ3n) is 3.08. The molecule has 1 aliphatic heterocycles. The van der Waals surface area contributed by atoms with Crippen molar-refractivity contribution in [1.82, 2.24) is 14.9 Å². The largest absolute Gasteiger partial charge is 0.470 e. The van der Waals surface area contributed by atoms with Gasteiger partial charge in [0.05, 0.1) is 6.54 Å². The van der Waals surface area contributed by atoms with Crippen LogP contribution in [0.25, 0.3) is 0 Å². The van der Waals surface area contributed by atoms with Crippen molar-refractivity contribution >= 4 is 6.09 Å². The Morgan fingerprint density at radius 2 is 2.14 bits per heavy atom. The molecule has 0 radical (unpaired) electrons. The average Bonchev–Trinajstić information content (AvgIpc) is 2.46. The highest BCUT2D eigenvalue weighted by atomic mass is 16.6. The fourth-order valence-electron chi connectivity index (χ4n) is 2.17. The van der Waals surface area contributed by atoms with Gasteiger partial charge in [0, 0.05) is 18.9 Å². The van der Waals surface area contributed by atoms with E-state index in [-0.39, 0.29) is 23.8 Å². The van der Waals surface area contributed by atoms with Crippen LogP contribution in [-0.2, 0) is 4.74 Å². The van der Waals surface area contributed by atoms with E-state index >= 15 is 0 Å². The van der Waals surface area contributed by atoms with Crippen LogP contribution < -0.4 is 4.74 Å². The Labute approximate surface area is 129 Å². The number of carbonyl (C=O) groups is 1. The summed E-state index contributed by atoms with van der Waals surface area (Å²) < 4.78 is 11.1. The third-order valence-corrected chi connectivity index (χ3v) is 3.08. The zero-order chi connectivity index (χ0) is 16.2. The molecule has 1 atom stereocenters. The number of rotatable bonds is 2. The summed E-state index contributed by atoms with van der Waals surface area (Å²) in [7, 11) is 0. The van der Waals surface area contributed by atoms with Crippen LogP contribution in [0, 0.1) is 11.3 Å². The SMILES string of the molecule is CC(C)(C)OC(=O)N1CCC[C@@H](Oc2nccnc2C#N)C1. The zero-order valence-corrected chi connectivity index (χ0v) is 13.1. The second-order valence-corrected chi connectivity index (χ2v) is 6.13. The van der Waals surface area contributed by atoms with Gasteiger partial charge in [0.1, 0.15) is 17.8 Å². The standard InChI is InChI=1S/C15H20N4O3/c1-15(2,3)22-14(20)19-8-4-5-11(10-19)21-13-12(9-16)17-6-7-18-13/h6-7,11H,4-5,8,10H2,1-3H3/t11-/m1/s1. The number of hydrogen-bond acceptors (Lipinski definition) is 6. The predicted octanol–water partition coefficient (Wildman–Crippen LogP) is 2.13. The molecule has 1 saturated heterocycles. The minimum absolute atomic E-state index is 0.150. The number of hydrogen-bond donors (Lipinski definition) is 0. The Hall–Kier alpha value is -2.36. The number of piperidine rings is 1. The van der Waals surface area contributed by atoms with Crippen LogP contribution >= 0.6 is 0 Å². The summed E-state index contributed by atoms with van der Waals surface area (Å²) in [4.78, 5) is 21.7. The number of ether oxygens (including phenoxy) is 2. The molecule has 0 spiro atoms. The summed E-state index contributed by atoms with van der Waals surface area (Å²) in [6.45, 7) is 6.56. The minimum Gasteiger partial charge on any atom is -0.470 e. The molecule has 7 heteroatoms. The molecule has 7 nitrogen and oxygen atoms in total. The molecule has 1 fully saturated rings. The molecule has 0 unspecified atom stereocenters. The lowest BCUT2D eigenvalue weighted by Gasteiger charge is -2.33. The maximum atomic E-state index is 12.1. The van der Waals surface area contributed by atoms with Crippen molar-refractivity contribution in [2.45, 2.75) is 45.3 Å². The van der Waals surface area contributed by atoms with Crippen LogP contribution in [0.3, 0.4) is 0 Å². The van der Waals surface area contributed by atoms with Crippen molar-refractivity contribution in [3.63, 3.8) is 0 Å². The van der Waals surface area contributed by atoms with Gasteiger partial charge in [0.15, 0.2) is 0 Å². The Morgan fingerprint density at radius 3 is 2.82 bits per heavy atom. The van der Waals surface area contributed by atoms with E-state index in [1.165, 1.54) is 12.4 Å². The van der Waals surface area contributed by atoms with Gasteiger partial charge in [0.2, 0.25) is 5.69 Å². The molecule has 22 heavy (non-hydrogen) atoms. The van der Waals surface area contributed by atoms with E-state index in [9.17, 15) is 4.79 Å². The molecule has 0 bridgehead atoms. The van der Waals surface area contributed by atoms with Gasteiger partial charge in [-0.1, -0.05) is 0 Å². The Balaban J connectivity index is 1.99. The van der Waals surface area contributed by atoms with Gasteiger partial charge in [-0.05, 0) is 33.6 Å². The molecule has 0 aromatic carbocycles. The van der Waals surface area contributed by atoms with Gasteiger partial charge in [0.25, 0.3) is 5.88 Å². The van der Waals surface area contributed by atoms with E-state index in [2.05, 4.69) is 9.97 Å². The number of likely N-dealkylation sites (tertiary alicyclic amines) is 1. The van der Waals surface area contributed by atoms with Crippen molar-refractivity contribution in [3.05, 3.63) is 18.1 Å². The smallest absolute Gasteiger partial charge is 0.410 e. The van der Waals surface area contributed by atoms with Crippen LogP contribution in [0.15, 0.2) is 12.4 Å². The molecule has 2 rings (SSSR count). The van der Waals surface area contributed by atoms with Crippen LogP contribution in [0.5, 0.6) is 5.88 Å². The van der Waals surface area contributed by atoms with E-state index in [0.29, 0.717) is 13.1 Å². The van der Waals surface area contributed by atoms with Crippen molar-refractivity contribution in [2.24, 2.45) is 0 Å². The second-order valence-electron chi connectivity index (χ2n) is 6.13. The van der Waals surface area contributed by atoms with Gasteiger partial charge >= 0.3 is 6.09 Å². The highest BCUT2D eigenvalue weighted by molar-refractivity contribution is 5.68. The quantitative estimate of drug-likeness (QED) is 0.831. The minimum atomic E-state index is -0.524. The summed E-state index contributed by atoms with van der Waals surface area (Å²) in [6.07, 6.45) is 3.96. The summed E-state index contributed by atoms with van der Waals surface area (Å²) in [5, 5.41) is 9.00. The maximum absolute atomic E-state index is 12.1. The van der Waals surface area contributed by atoms with Crippen molar-refractivity contribution in [1.29, 1.82) is 5.26 Å². The average molecular weight is 304 g/mol. The van der Waals surface area contributed by atoms with Crippen molar-refractivity contribution < 1.29 is 14.3 Å². The molecule has 1 aromatic rings. The highest BCUT2D eigenvalue weighted by Crippen LogP contribution is 2.20. The Bertz CT molecular complexity index is 577. The Morgan fingerprint density at radius 1 is 1.41 bits per heavy atom. The van der Waals surface area contributed by atoms with E-state index in [1.54, 1.807) is 4.90 Å². The van der Waals surface area contributed by atoms with Crippen molar-refractivity contribution in [3.8, 4) is 11.9 Å². The monoisotopic (exact) mass is 304 g/mol. The number of carbonyl (C=O) groups excluding carboxylic acids is 1. The van der Waals surface area contributed by atoms with Crippen LogP contribution in [-0.4, -0.2) is 45.8 Å². The molecule has 0 saturated carbocycles. The van der Waals surface area contributed by atoms with E-state index < -0.39 is 5.60 Å². The first-order chi connectivity index (χ1) is 10.4. The number of nitrogens with zero attached hydrogens (tertiary/aromatic N) is 4. The first-order valence-electron chi connectivity index (χ1n) is 7.25. The zero-order valence-electron chi connectivity index (χ0n) is 13.1. The van der Waals surface area contributed by atoms with Crippen LogP contribution in [0.4, 0.5) is 4.79 Å². The maximum Gasteiger partial charge on any atom is 0.410 e. The lowest BCUT2D eigenvalue weighted by atomic mass is 10.1. The second kappa shape index (κ2) is 6.60. The fourth-order valence-corrected chi connectivity index (χ4v) is 2.17. The number of nitriles is 1. The molecule has 1 aliphatic rings. The molecule has 2 heterocycles. The molecule has 0 N–H and O–H groups in total. The molecular weight excluding hydrogens is 284 g/mol. The lowest BCUT2D eigenvalue weighted by Crippen LogP contribution is -2.46. The molecule has 1 amide bonds. The van der Waals surface area contributed by atoms with E-state index in [0.717, 1.165) is 12.8 Å². The number of amides is 1. The first-order valence-corrected chi connectivity index (χ1v) is 7.25. The van der Waals surface area contributed by atoms with Crippen LogP contribution in [0.2, 0.25) is 0 Å². The third kappa shape index (κ3) is 4.32. The van der Waals surface area contributed by atoms with Gasteiger partial charge in [-0.3, -0.25) is 0 Å². The normalized spacial score (nSPS) is 18.5.